The third-order valence-electron chi connectivity index (χ3n) is 6.56. The first-order valence-electron chi connectivity index (χ1n) is 11.2. The normalized spacial score (nSPS) is 18.1. The number of nitrogens with zero attached hydrogens (tertiary/aromatic N) is 4. The van der Waals surface area contributed by atoms with E-state index in [0.717, 1.165) is 61.6 Å². The Hall–Kier alpha value is -2.55. The molecule has 1 amide bonds. The SMILES string of the molecule is Cc1nc(C2(NC(=O)CCn3cnc4sc5c(c4c3=O)CCCC5)CCCCC2)no1. The van der Waals surface area contributed by atoms with Crippen molar-refractivity contribution < 1.29 is 9.32 Å². The molecular formula is C22H27N5O3S. The minimum Gasteiger partial charge on any atom is -0.343 e. The fourth-order valence-corrected chi connectivity index (χ4v) is 6.16. The standard InChI is InChI=1S/C22H27N5O3S/c1-14-24-21(26-30-14)22(10-5-2-6-11-22)25-17(28)9-12-27-13-23-19-18(20(27)29)15-7-3-4-8-16(15)31-19/h13H,2-12H2,1H3,(H,25,28). The van der Waals surface area contributed by atoms with Gasteiger partial charge in [-0.3, -0.25) is 14.2 Å². The maximum absolute atomic E-state index is 13.1. The number of thiophene rings is 1. The van der Waals surface area contributed by atoms with Crippen LogP contribution in [0.1, 0.15) is 73.5 Å². The Labute approximate surface area is 184 Å². The van der Waals surface area contributed by atoms with E-state index in [-0.39, 0.29) is 17.9 Å². The Morgan fingerprint density at radius 3 is 2.81 bits per heavy atom. The van der Waals surface area contributed by atoms with Gasteiger partial charge in [-0.05, 0) is 44.1 Å². The molecule has 31 heavy (non-hydrogen) atoms. The van der Waals surface area contributed by atoms with Crippen molar-refractivity contribution in [1.29, 1.82) is 0 Å². The van der Waals surface area contributed by atoms with Gasteiger partial charge in [-0.1, -0.05) is 24.4 Å². The van der Waals surface area contributed by atoms with E-state index in [2.05, 4.69) is 20.4 Å². The van der Waals surface area contributed by atoms with Gasteiger partial charge >= 0.3 is 0 Å². The number of amides is 1. The first-order valence-corrected chi connectivity index (χ1v) is 12.0. The smallest absolute Gasteiger partial charge is 0.262 e. The lowest BCUT2D eigenvalue weighted by Crippen LogP contribution is -2.48. The Bertz CT molecular complexity index is 1170. The molecule has 1 N–H and O–H groups in total. The first-order chi connectivity index (χ1) is 15.1. The van der Waals surface area contributed by atoms with Crippen molar-refractivity contribution in [2.45, 2.75) is 83.2 Å². The maximum Gasteiger partial charge on any atom is 0.262 e. The van der Waals surface area contributed by atoms with Crippen molar-refractivity contribution in [3.8, 4) is 0 Å². The van der Waals surface area contributed by atoms with E-state index in [1.54, 1.807) is 29.2 Å². The molecule has 0 aliphatic heterocycles. The highest BCUT2D eigenvalue weighted by Crippen LogP contribution is 2.36. The Kier molecular flexibility index (Phi) is 5.37. The zero-order chi connectivity index (χ0) is 21.4. The lowest BCUT2D eigenvalue weighted by molar-refractivity contribution is -0.124. The molecule has 0 unspecified atom stereocenters. The number of hydrogen-bond acceptors (Lipinski definition) is 7. The second-order valence-corrected chi connectivity index (χ2v) is 9.80. The number of hydrogen-bond donors (Lipinski definition) is 1. The summed E-state index contributed by atoms with van der Waals surface area (Å²) >= 11 is 1.64. The third kappa shape index (κ3) is 3.79. The van der Waals surface area contributed by atoms with Gasteiger partial charge in [-0.25, -0.2) is 4.98 Å². The van der Waals surface area contributed by atoms with Crippen molar-refractivity contribution in [1.82, 2.24) is 25.0 Å². The van der Waals surface area contributed by atoms with Gasteiger partial charge in [-0.2, -0.15) is 4.98 Å². The lowest BCUT2D eigenvalue weighted by atomic mass is 9.81. The molecule has 2 aliphatic carbocycles. The number of carbonyl (C=O) groups is 1. The van der Waals surface area contributed by atoms with Crippen LogP contribution in [0.2, 0.25) is 0 Å². The molecule has 5 rings (SSSR count). The molecule has 2 aliphatic rings. The molecule has 0 atom stereocenters. The Morgan fingerprint density at radius 2 is 2.03 bits per heavy atom. The summed E-state index contributed by atoms with van der Waals surface area (Å²) in [6.07, 6.45) is 10.8. The molecule has 1 fully saturated rings. The summed E-state index contributed by atoms with van der Waals surface area (Å²) in [5.74, 6) is 0.950. The number of aromatic nitrogens is 4. The van der Waals surface area contributed by atoms with E-state index >= 15 is 0 Å². The summed E-state index contributed by atoms with van der Waals surface area (Å²) in [4.78, 5) is 37.1. The molecule has 3 aromatic rings. The summed E-state index contributed by atoms with van der Waals surface area (Å²) < 4.78 is 6.76. The van der Waals surface area contributed by atoms with E-state index < -0.39 is 5.54 Å². The number of aryl methyl sites for hydroxylation is 4. The molecule has 1 saturated carbocycles. The van der Waals surface area contributed by atoms with Gasteiger partial charge in [0, 0.05) is 24.8 Å². The molecule has 9 heteroatoms. The molecular weight excluding hydrogens is 414 g/mol. The van der Waals surface area contributed by atoms with Crippen LogP contribution in [0.5, 0.6) is 0 Å². The van der Waals surface area contributed by atoms with Crippen LogP contribution in [0.3, 0.4) is 0 Å². The van der Waals surface area contributed by atoms with Crippen LogP contribution < -0.4 is 10.9 Å². The molecule has 0 spiro atoms. The number of nitrogens with one attached hydrogen (secondary N) is 1. The highest BCUT2D eigenvalue weighted by Gasteiger charge is 2.39. The molecule has 0 aromatic carbocycles. The average Bonchev–Trinajstić information content (AvgIpc) is 3.38. The molecule has 0 saturated heterocycles. The number of rotatable bonds is 5. The van der Waals surface area contributed by atoms with Crippen molar-refractivity contribution >= 4 is 27.5 Å². The van der Waals surface area contributed by atoms with E-state index in [1.165, 1.54) is 16.9 Å². The number of fused-ring (bicyclic) bond motifs is 3. The van der Waals surface area contributed by atoms with Crippen molar-refractivity contribution in [3.05, 3.63) is 38.8 Å². The van der Waals surface area contributed by atoms with Gasteiger partial charge in [0.1, 0.15) is 10.4 Å². The molecule has 8 nitrogen and oxygen atoms in total. The third-order valence-corrected chi connectivity index (χ3v) is 7.76. The predicted molar refractivity (Wildman–Crippen MR) is 117 cm³/mol. The quantitative estimate of drug-likeness (QED) is 0.651. The maximum atomic E-state index is 13.1. The second-order valence-electron chi connectivity index (χ2n) is 8.71. The summed E-state index contributed by atoms with van der Waals surface area (Å²) in [6, 6.07) is 0. The van der Waals surface area contributed by atoms with Gasteiger partial charge in [0.25, 0.3) is 5.56 Å². The van der Waals surface area contributed by atoms with Gasteiger partial charge in [0.05, 0.1) is 11.7 Å². The average molecular weight is 442 g/mol. The molecule has 3 aromatic heterocycles. The summed E-state index contributed by atoms with van der Waals surface area (Å²) in [5.41, 5.74) is 0.571. The zero-order valence-electron chi connectivity index (χ0n) is 17.8. The fourth-order valence-electron chi connectivity index (χ4n) is 4.95. The van der Waals surface area contributed by atoms with Gasteiger partial charge < -0.3 is 9.84 Å². The highest BCUT2D eigenvalue weighted by molar-refractivity contribution is 7.18. The largest absolute Gasteiger partial charge is 0.343 e. The second kappa shape index (κ2) is 8.18. The van der Waals surface area contributed by atoms with Crippen LogP contribution in [0.4, 0.5) is 0 Å². The van der Waals surface area contributed by atoms with Crippen LogP contribution >= 0.6 is 11.3 Å². The Morgan fingerprint density at radius 1 is 1.23 bits per heavy atom. The van der Waals surface area contributed by atoms with Crippen LogP contribution in [-0.2, 0) is 29.7 Å². The van der Waals surface area contributed by atoms with E-state index in [9.17, 15) is 9.59 Å². The predicted octanol–water partition coefficient (Wildman–Crippen LogP) is 3.39. The van der Waals surface area contributed by atoms with Crippen LogP contribution in [0, 0.1) is 6.92 Å². The molecule has 3 heterocycles. The Balaban J connectivity index is 1.33. The van der Waals surface area contributed by atoms with E-state index in [0.29, 0.717) is 18.3 Å². The zero-order valence-corrected chi connectivity index (χ0v) is 18.6. The van der Waals surface area contributed by atoms with Crippen molar-refractivity contribution in [2.24, 2.45) is 0 Å². The van der Waals surface area contributed by atoms with Gasteiger partial charge in [-0.15, -0.1) is 11.3 Å². The minimum atomic E-state index is -0.577. The summed E-state index contributed by atoms with van der Waals surface area (Å²) in [7, 11) is 0. The first kappa shape index (κ1) is 20.4. The molecule has 0 radical (unpaired) electrons. The summed E-state index contributed by atoms with van der Waals surface area (Å²) in [5, 5.41) is 8.04. The van der Waals surface area contributed by atoms with Crippen LogP contribution in [-0.4, -0.2) is 25.6 Å². The van der Waals surface area contributed by atoms with Crippen molar-refractivity contribution in [2.75, 3.05) is 0 Å². The van der Waals surface area contributed by atoms with E-state index in [1.807, 2.05) is 0 Å². The van der Waals surface area contributed by atoms with Crippen LogP contribution in [0.15, 0.2) is 15.6 Å². The topological polar surface area (TPSA) is 103 Å². The van der Waals surface area contributed by atoms with Gasteiger partial charge in [0.2, 0.25) is 11.8 Å². The highest BCUT2D eigenvalue weighted by atomic mass is 32.1. The monoisotopic (exact) mass is 441 g/mol. The molecule has 164 valence electrons. The fraction of sp³-hybridized carbons (Fsp3) is 0.591. The van der Waals surface area contributed by atoms with E-state index in [4.69, 9.17) is 4.52 Å². The van der Waals surface area contributed by atoms with Gasteiger partial charge in [0.15, 0.2) is 5.82 Å². The summed E-state index contributed by atoms with van der Waals surface area (Å²) in [6.45, 7) is 2.06. The number of carbonyl (C=O) groups excluding carboxylic acids is 1. The minimum absolute atomic E-state index is 0.0293. The van der Waals surface area contributed by atoms with Crippen LogP contribution in [0.25, 0.3) is 10.2 Å². The molecule has 0 bridgehead atoms. The van der Waals surface area contributed by atoms with Crippen molar-refractivity contribution in [3.63, 3.8) is 0 Å². The lowest BCUT2D eigenvalue weighted by Gasteiger charge is -2.35.